The number of phenols is 1. The van der Waals surface area contributed by atoms with E-state index in [0.717, 1.165) is 55.8 Å². The first kappa shape index (κ1) is 31.9. The number of phenolic OH excluding ortho intramolecular Hbond substituents is 1. The van der Waals surface area contributed by atoms with Crippen LogP contribution in [0.15, 0.2) is 170 Å². The lowest BCUT2D eigenvalue weighted by Crippen LogP contribution is -2.03. The molecule has 9 aromatic rings. The molecule has 9 rings (SSSR count). The van der Waals surface area contributed by atoms with Crippen molar-refractivity contribution < 1.29 is 13.3 Å². The highest BCUT2D eigenvalue weighted by atomic mass is 16.3. The van der Waals surface area contributed by atoms with E-state index in [4.69, 9.17) is 18.2 Å². The molecule has 0 unspecified atom stereocenters. The molecule has 4 heteroatoms. The number of aromatic hydroxyl groups is 1. The minimum absolute atomic E-state index is 0.0330. The second kappa shape index (κ2) is 16.0. The zero-order chi connectivity index (χ0) is 46.5. The van der Waals surface area contributed by atoms with Crippen LogP contribution in [0.4, 0.5) is 0 Å². The van der Waals surface area contributed by atoms with Crippen LogP contribution in [0.3, 0.4) is 0 Å². The van der Waals surface area contributed by atoms with E-state index >= 15 is 0 Å². The van der Waals surface area contributed by atoms with Gasteiger partial charge in [0, 0.05) is 31.2 Å². The monoisotopic (exact) mass is 785 g/mol. The standard InChI is InChI=1S/C56H49N3O/c1-35(2)43-31-49(36(3)4)55(60)51(32-43)56-58-54-48(23-16-24-53(54)59(56)47-27-37(5)38(6)50(34-47)41-21-14-9-15-22-41)45-28-44(40-19-12-8-13-20-40)29-46(30-45)52-33-42(25-26-57-52)39-17-10-7-11-18-39/h7-36,60H,1-6H3/i5D3,6D3. The van der Waals surface area contributed by atoms with Gasteiger partial charge in [0.2, 0.25) is 0 Å². The normalized spacial score (nSPS) is 13.4. The Morgan fingerprint density at radius 2 is 1.20 bits per heavy atom. The van der Waals surface area contributed by atoms with Gasteiger partial charge < -0.3 is 5.11 Å². The van der Waals surface area contributed by atoms with Gasteiger partial charge in [-0.05, 0) is 141 Å². The van der Waals surface area contributed by atoms with Gasteiger partial charge in [0.15, 0.2) is 0 Å². The number of hydrogen-bond donors (Lipinski definition) is 1. The van der Waals surface area contributed by atoms with Crippen LogP contribution in [0.1, 0.15) is 70.0 Å². The van der Waals surface area contributed by atoms with Gasteiger partial charge in [-0.25, -0.2) is 4.98 Å². The van der Waals surface area contributed by atoms with Crippen molar-refractivity contribution >= 4 is 11.0 Å². The summed E-state index contributed by atoms with van der Waals surface area (Å²) in [5.74, 6) is 0.528. The fraction of sp³-hybridized carbons (Fsp3) is 0.143. The lowest BCUT2D eigenvalue weighted by Gasteiger charge is -2.19. The third kappa shape index (κ3) is 7.20. The molecule has 7 aromatic carbocycles. The van der Waals surface area contributed by atoms with E-state index in [0.29, 0.717) is 33.7 Å². The van der Waals surface area contributed by atoms with Gasteiger partial charge in [-0.2, -0.15) is 0 Å². The van der Waals surface area contributed by atoms with Crippen LogP contribution in [0.25, 0.3) is 83.9 Å². The molecule has 1 N–H and O–H groups in total. The summed E-state index contributed by atoms with van der Waals surface area (Å²) in [5, 5.41) is 12.3. The molecule has 0 saturated heterocycles. The Morgan fingerprint density at radius 3 is 1.87 bits per heavy atom. The highest BCUT2D eigenvalue weighted by molar-refractivity contribution is 5.98. The van der Waals surface area contributed by atoms with E-state index in [9.17, 15) is 5.11 Å². The summed E-state index contributed by atoms with van der Waals surface area (Å²) in [6, 6.07) is 53.1. The van der Waals surface area contributed by atoms with Crippen molar-refractivity contribution in [3.63, 3.8) is 0 Å². The summed E-state index contributed by atoms with van der Waals surface area (Å²) in [6.45, 7) is 2.72. The Balaban J connectivity index is 1.38. The topological polar surface area (TPSA) is 50.9 Å². The summed E-state index contributed by atoms with van der Waals surface area (Å²) >= 11 is 0. The fourth-order valence-electron chi connectivity index (χ4n) is 8.13. The molecule has 0 aliphatic carbocycles. The predicted molar refractivity (Wildman–Crippen MR) is 251 cm³/mol. The maximum atomic E-state index is 12.3. The molecule has 0 aliphatic rings. The third-order valence-corrected chi connectivity index (χ3v) is 11.4. The smallest absolute Gasteiger partial charge is 0.149 e. The van der Waals surface area contributed by atoms with Gasteiger partial charge in [-0.3, -0.25) is 9.55 Å². The zero-order valence-corrected chi connectivity index (χ0v) is 34.1. The minimum atomic E-state index is -2.80. The summed E-state index contributed by atoms with van der Waals surface area (Å²) < 4.78 is 54.1. The predicted octanol–water partition coefficient (Wildman–Crippen LogP) is 15.0. The molecular weight excluding hydrogens is 731 g/mol. The van der Waals surface area contributed by atoms with Gasteiger partial charge in [-0.1, -0.05) is 137 Å². The van der Waals surface area contributed by atoms with Crippen LogP contribution in [-0.2, 0) is 0 Å². The lowest BCUT2D eigenvalue weighted by atomic mass is 9.91. The van der Waals surface area contributed by atoms with Crippen LogP contribution in [0, 0.1) is 13.7 Å². The molecule has 294 valence electrons. The Kier molecular flexibility index (Phi) is 8.48. The van der Waals surface area contributed by atoms with Crippen molar-refractivity contribution in [3.05, 3.63) is 192 Å². The van der Waals surface area contributed by atoms with Crippen LogP contribution >= 0.6 is 0 Å². The molecule has 0 amide bonds. The van der Waals surface area contributed by atoms with Gasteiger partial charge in [0.1, 0.15) is 11.6 Å². The maximum absolute atomic E-state index is 12.3. The maximum Gasteiger partial charge on any atom is 0.149 e. The van der Waals surface area contributed by atoms with E-state index in [-0.39, 0.29) is 34.3 Å². The molecule has 0 spiro atoms. The molecule has 0 atom stereocenters. The number of para-hydroxylation sites is 1. The third-order valence-electron chi connectivity index (χ3n) is 11.4. The van der Waals surface area contributed by atoms with Gasteiger partial charge in [0.25, 0.3) is 0 Å². The van der Waals surface area contributed by atoms with Crippen molar-refractivity contribution in [1.82, 2.24) is 14.5 Å². The highest BCUT2D eigenvalue weighted by Gasteiger charge is 2.24. The molecule has 4 nitrogen and oxygen atoms in total. The number of hydrogen-bond acceptors (Lipinski definition) is 3. The molecule has 2 heterocycles. The molecule has 0 aliphatic heterocycles. The lowest BCUT2D eigenvalue weighted by molar-refractivity contribution is 0.466. The molecule has 0 bridgehead atoms. The Morgan fingerprint density at radius 1 is 0.533 bits per heavy atom. The Hall–Kier alpha value is -7.04. The molecule has 0 saturated carbocycles. The molecule has 0 fully saturated rings. The van der Waals surface area contributed by atoms with Crippen molar-refractivity contribution in [2.75, 3.05) is 0 Å². The van der Waals surface area contributed by atoms with Gasteiger partial charge >= 0.3 is 0 Å². The second-order valence-electron chi connectivity index (χ2n) is 16.0. The Labute approximate surface area is 362 Å². The van der Waals surface area contributed by atoms with Crippen molar-refractivity contribution in [3.8, 4) is 78.6 Å². The number of aromatic nitrogens is 3. The molecule has 2 aromatic heterocycles. The number of fused-ring (bicyclic) bond motifs is 1. The number of nitrogens with zero attached hydrogens (tertiary/aromatic N) is 3. The van der Waals surface area contributed by atoms with Crippen molar-refractivity contribution in [2.24, 2.45) is 0 Å². The molecular formula is C56H49N3O. The quantitative estimate of drug-likeness (QED) is 0.159. The van der Waals surface area contributed by atoms with Crippen LogP contribution < -0.4 is 0 Å². The van der Waals surface area contributed by atoms with E-state index in [1.165, 1.54) is 6.07 Å². The number of pyridine rings is 1. The van der Waals surface area contributed by atoms with Crippen LogP contribution in [-0.4, -0.2) is 19.6 Å². The number of aryl methyl sites for hydroxylation is 1. The van der Waals surface area contributed by atoms with Crippen molar-refractivity contribution in [2.45, 2.75) is 53.2 Å². The van der Waals surface area contributed by atoms with E-state index in [2.05, 4.69) is 62.4 Å². The van der Waals surface area contributed by atoms with Gasteiger partial charge in [0.05, 0.1) is 22.3 Å². The largest absolute Gasteiger partial charge is 0.507 e. The zero-order valence-electron chi connectivity index (χ0n) is 40.1. The summed E-state index contributed by atoms with van der Waals surface area (Å²) in [5.41, 5.74) is 11.7. The minimum Gasteiger partial charge on any atom is -0.507 e. The fourth-order valence-corrected chi connectivity index (χ4v) is 8.13. The summed E-state index contributed by atoms with van der Waals surface area (Å²) in [4.78, 5) is 10.3. The molecule has 60 heavy (non-hydrogen) atoms. The van der Waals surface area contributed by atoms with Crippen LogP contribution in [0.5, 0.6) is 5.75 Å². The van der Waals surface area contributed by atoms with E-state index < -0.39 is 13.7 Å². The Bertz CT molecular complexity index is 3230. The summed E-state index contributed by atoms with van der Waals surface area (Å²) in [7, 11) is 0. The van der Waals surface area contributed by atoms with E-state index in [1.54, 1.807) is 30.3 Å². The average Bonchev–Trinajstić information content (AvgIpc) is 3.71. The van der Waals surface area contributed by atoms with E-state index in [1.807, 2.05) is 103 Å². The van der Waals surface area contributed by atoms with Crippen molar-refractivity contribution in [1.29, 1.82) is 0 Å². The second-order valence-corrected chi connectivity index (χ2v) is 16.0. The average molecular weight is 786 g/mol. The first-order chi connectivity index (χ1) is 31.6. The number of benzene rings is 7. The SMILES string of the molecule is [2H]C([2H])([2H])c1cc(-n2c(-c3cc(C(C)C)cc(C(C)C)c3O)nc3c(-c4cc(-c5ccccc5)cc(-c5cc(-c6ccccc6)ccn5)c4)cccc32)cc(-c2ccccc2)c1C([2H])([2H])[2H]. The summed E-state index contributed by atoms with van der Waals surface area (Å²) in [6.07, 6.45) is 1.83. The van der Waals surface area contributed by atoms with Crippen LogP contribution in [0.2, 0.25) is 0 Å². The highest BCUT2D eigenvalue weighted by Crippen LogP contribution is 2.44. The number of imidazole rings is 1. The molecule has 0 radical (unpaired) electrons. The first-order valence-electron chi connectivity index (χ1n) is 23.4. The van der Waals surface area contributed by atoms with Gasteiger partial charge in [-0.15, -0.1) is 0 Å². The first-order valence-corrected chi connectivity index (χ1v) is 20.4. The number of rotatable bonds is 9.